The van der Waals surface area contributed by atoms with Crippen LogP contribution in [0.15, 0.2) is 0 Å². The maximum atomic E-state index is 11.9. The Balaban J connectivity index is 0. The van der Waals surface area contributed by atoms with Crippen LogP contribution in [-0.4, -0.2) is 23.5 Å². The number of carbonyl (C=O) groups excluding carboxylic acids is 2. The van der Waals surface area contributed by atoms with Gasteiger partial charge in [-0.15, -0.1) is 0 Å². The van der Waals surface area contributed by atoms with Crippen LogP contribution in [0.2, 0.25) is 0 Å². The maximum Gasteiger partial charge on any atom is 1.00 e. The number of hydrogen-bond acceptors (Lipinski definition) is 4. The van der Waals surface area contributed by atoms with Gasteiger partial charge in [0.1, 0.15) is 5.78 Å². The topological polar surface area (TPSA) is 77.4 Å². The zero-order valence-corrected chi connectivity index (χ0v) is 20.5. The fourth-order valence-electron chi connectivity index (χ4n) is 3.45. The van der Waals surface area contributed by atoms with Crippen LogP contribution in [0.4, 0.5) is 0 Å². The molecule has 0 fully saturated rings. The van der Waals surface area contributed by atoms with Gasteiger partial charge in [0.15, 0.2) is 0 Å². The van der Waals surface area contributed by atoms with Crippen LogP contribution in [0.5, 0.6) is 0 Å². The van der Waals surface area contributed by atoms with E-state index in [9.17, 15) is 14.7 Å². The van der Waals surface area contributed by atoms with Crippen LogP contribution in [0.1, 0.15) is 128 Å². The fourth-order valence-corrected chi connectivity index (χ4v) is 3.45. The third kappa shape index (κ3) is 26.1. The predicted octanol–water partition coefficient (Wildman–Crippen LogP) is 2.10. The molecule has 28 heavy (non-hydrogen) atoms. The molecule has 0 saturated carbocycles. The van der Waals surface area contributed by atoms with E-state index in [0.717, 1.165) is 64.2 Å². The molecular formula is C23H43NaO4. The summed E-state index contributed by atoms with van der Waals surface area (Å²) in [6, 6.07) is 0. The van der Waals surface area contributed by atoms with E-state index in [2.05, 4.69) is 0 Å². The Morgan fingerprint density at radius 2 is 0.786 bits per heavy atom. The number of carboxylic acids is 1. The molecule has 0 heterocycles. The molecule has 0 aromatic rings. The molecular weight excluding hydrogens is 363 g/mol. The Bertz CT molecular complexity index is 347. The van der Waals surface area contributed by atoms with Crippen molar-refractivity contribution in [2.75, 3.05) is 6.61 Å². The number of unbranched alkanes of at least 4 members (excludes halogenated alkanes) is 15. The molecule has 1 N–H and O–H groups in total. The van der Waals surface area contributed by atoms with Gasteiger partial charge in [0, 0.05) is 25.4 Å². The third-order valence-corrected chi connectivity index (χ3v) is 5.20. The van der Waals surface area contributed by atoms with Crippen molar-refractivity contribution in [1.82, 2.24) is 0 Å². The molecule has 4 nitrogen and oxygen atoms in total. The molecule has 0 aromatic carbocycles. The number of carboxylic acid groups (broad SMARTS) is 1. The van der Waals surface area contributed by atoms with E-state index in [1.807, 2.05) is 0 Å². The molecule has 0 aromatic heterocycles. The van der Waals surface area contributed by atoms with Gasteiger partial charge in [-0.05, 0) is 32.1 Å². The fraction of sp³-hybridized carbons (Fsp3) is 0.913. The van der Waals surface area contributed by atoms with Crippen LogP contribution in [0, 0.1) is 0 Å². The summed E-state index contributed by atoms with van der Waals surface area (Å²) in [4.78, 5) is 22.1. The summed E-state index contributed by atoms with van der Waals surface area (Å²) in [5.41, 5.74) is 0. The summed E-state index contributed by atoms with van der Waals surface area (Å²) >= 11 is 0. The van der Waals surface area contributed by atoms with Gasteiger partial charge in [-0.1, -0.05) is 83.5 Å². The zero-order chi connectivity index (χ0) is 20.0. The van der Waals surface area contributed by atoms with Crippen LogP contribution in [0.3, 0.4) is 0 Å². The second-order valence-electron chi connectivity index (χ2n) is 7.89. The summed E-state index contributed by atoms with van der Waals surface area (Å²) in [6.07, 6.45) is 20.9. The minimum Gasteiger partial charge on any atom is -0.550 e. The summed E-state index contributed by atoms with van der Waals surface area (Å²) in [5.74, 6) is -0.499. The van der Waals surface area contributed by atoms with Crippen molar-refractivity contribution in [3.8, 4) is 0 Å². The van der Waals surface area contributed by atoms with E-state index in [4.69, 9.17) is 5.11 Å². The zero-order valence-electron chi connectivity index (χ0n) is 18.5. The van der Waals surface area contributed by atoms with Crippen molar-refractivity contribution in [3.05, 3.63) is 0 Å². The van der Waals surface area contributed by atoms with Gasteiger partial charge in [0.2, 0.25) is 0 Å². The summed E-state index contributed by atoms with van der Waals surface area (Å²) in [5, 5.41) is 19.0. The number of aliphatic hydroxyl groups excluding tert-OH is 1. The quantitative estimate of drug-likeness (QED) is 0.221. The SMILES string of the molecule is O=C([O-])CCCCCCCCCCCC(=O)CCCCCCCCCCO.[Na+]. The van der Waals surface area contributed by atoms with E-state index in [1.54, 1.807) is 0 Å². The Morgan fingerprint density at radius 1 is 0.500 bits per heavy atom. The molecule has 0 radical (unpaired) electrons. The van der Waals surface area contributed by atoms with Gasteiger partial charge in [-0.25, -0.2) is 0 Å². The van der Waals surface area contributed by atoms with Gasteiger partial charge in [0.05, 0.1) is 0 Å². The molecule has 160 valence electrons. The Hall–Kier alpha value is 0.1000. The van der Waals surface area contributed by atoms with Crippen LogP contribution in [-0.2, 0) is 9.59 Å². The summed E-state index contributed by atoms with van der Waals surface area (Å²) in [7, 11) is 0. The summed E-state index contributed by atoms with van der Waals surface area (Å²) in [6.45, 7) is 0.316. The monoisotopic (exact) mass is 406 g/mol. The minimum absolute atomic E-state index is 0. The molecule has 5 heteroatoms. The van der Waals surface area contributed by atoms with Crippen LogP contribution >= 0.6 is 0 Å². The molecule has 0 aliphatic rings. The van der Waals surface area contributed by atoms with Crippen LogP contribution in [0.25, 0.3) is 0 Å². The number of carbonyl (C=O) groups is 2. The van der Waals surface area contributed by atoms with E-state index in [1.165, 1.54) is 57.8 Å². The second kappa shape index (κ2) is 25.1. The normalized spacial score (nSPS) is 10.6. The first kappa shape index (κ1) is 30.3. The van der Waals surface area contributed by atoms with Crippen molar-refractivity contribution in [2.24, 2.45) is 0 Å². The minimum atomic E-state index is -0.935. The number of Topliss-reactive ketones (excluding diaryl/α,β-unsaturated/α-hetero) is 1. The van der Waals surface area contributed by atoms with Crippen molar-refractivity contribution >= 4 is 11.8 Å². The molecule has 0 saturated heterocycles. The Kier molecular flexibility index (Phi) is 27.2. The van der Waals surface area contributed by atoms with Gasteiger partial charge in [0.25, 0.3) is 0 Å². The Labute approximate surface area is 195 Å². The van der Waals surface area contributed by atoms with Crippen molar-refractivity contribution < 1.29 is 49.4 Å². The first-order valence-electron chi connectivity index (χ1n) is 11.5. The third-order valence-electron chi connectivity index (χ3n) is 5.20. The van der Waals surface area contributed by atoms with E-state index < -0.39 is 5.97 Å². The molecule has 0 atom stereocenters. The molecule has 0 bridgehead atoms. The molecule has 0 unspecified atom stereocenters. The Morgan fingerprint density at radius 3 is 1.11 bits per heavy atom. The van der Waals surface area contributed by atoms with Crippen molar-refractivity contribution in [3.63, 3.8) is 0 Å². The summed E-state index contributed by atoms with van der Waals surface area (Å²) < 4.78 is 0. The molecule has 0 rings (SSSR count). The van der Waals surface area contributed by atoms with Gasteiger partial charge >= 0.3 is 29.6 Å². The van der Waals surface area contributed by atoms with E-state index in [0.29, 0.717) is 12.4 Å². The first-order chi connectivity index (χ1) is 13.2. The number of aliphatic carboxylic acids is 1. The van der Waals surface area contributed by atoms with Gasteiger partial charge < -0.3 is 15.0 Å². The number of aliphatic hydroxyl groups is 1. The van der Waals surface area contributed by atoms with Crippen LogP contribution < -0.4 is 34.7 Å². The standard InChI is InChI=1S/C23H44O4.Na/c24-21-17-13-9-5-4-7-11-15-19-22(25)18-14-10-6-2-1-3-8-12-16-20-23(26)27;/h24H,1-21H2,(H,26,27);/q;+1/p-1. The number of hydrogen-bond donors (Lipinski definition) is 1. The molecule has 0 spiro atoms. The maximum absolute atomic E-state index is 11.9. The number of rotatable bonds is 22. The first-order valence-corrected chi connectivity index (χ1v) is 11.5. The van der Waals surface area contributed by atoms with Gasteiger partial charge in [-0.3, -0.25) is 4.79 Å². The molecule has 0 aliphatic carbocycles. The van der Waals surface area contributed by atoms with Crippen molar-refractivity contribution in [2.45, 2.75) is 128 Å². The number of ketones is 1. The van der Waals surface area contributed by atoms with Crippen molar-refractivity contribution in [1.29, 1.82) is 0 Å². The second-order valence-corrected chi connectivity index (χ2v) is 7.89. The average Bonchev–Trinajstić information content (AvgIpc) is 2.64. The molecule has 0 aliphatic heterocycles. The average molecular weight is 407 g/mol. The predicted molar refractivity (Wildman–Crippen MR) is 109 cm³/mol. The molecule has 0 amide bonds. The largest absolute Gasteiger partial charge is 1.00 e. The van der Waals surface area contributed by atoms with E-state index >= 15 is 0 Å². The van der Waals surface area contributed by atoms with Gasteiger partial charge in [-0.2, -0.15) is 0 Å². The smallest absolute Gasteiger partial charge is 0.550 e. The van der Waals surface area contributed by atoms with E-state index in [-0.39, 0.29) is 36.0 Å².